The molecule has 1 aromatic carbocycles. The standard InChI is InChI=1S/C11H9ClFNS2/c1-2-3-4-16-11-6-10(14-7-15)9(13)5-8(11)12/h2-3,5-6H,4H2,1H3/b3-2+. The van der Waals surface area contributed by atoms with Crippen molar-refractivity contribution < 1.29 is 4.39 Å². The van der Waals surface area contributed by atoms with Crippen LogP contribution in [-0.4, -0.2) is 10.9 Å². The van der Waals surface area contributed by atoms with E-state index in [0.717, 1.165) is 10.6 Å². The second kappa shape index (κ2) is 6.81. The molecule has 1 aromatic rings. The van der Waals surface area contributed by atoms with Gasteiger partial charge in [-0.3, -0.25) is 0 Å². The highest BCUT2D eigenvalue weighted by Crippen LogP contribution is 2.33. The molecule has 0 amide bonds. The molecule has 0 heterocycles. The first-order valence-electron chi connectivity index (χ1n) is 4.50. The molecular weight excluding hydrogens is 265 g/mol. The molecule has 1 rings (SSSR count). The third kappa shape index (κ3) is 3.72. The minimum atomic E-state index is -0.488. The Kier molecular flexibility index (Phi) is 5.71. The van der Waals surface area contributed by atoms with Gasteiger partial charge in [0, 0.05) is 10.6 Å². The summed E-state index contributed by atoms with van der Waals surface area (Å²) in [5.74, 6) is 0.292. The van der Waals surface area contributed by atoms with E-state index in [1.165, 1.54) is 17.8 Å². The summed E-state index contributed by atoms with van der Waals surface area (Å²) in [6.07, 6.45) is 3.94. The van der Waals surface area contributed by atoms with Crippen molar-refractivity contribution in [2.24, 2.45) is 4.99 Å². The van der Waals surface area contributed by atoms with E-state index in [2.05, 4.69) is 22.4 Å². The van der Waals surface area contributed by atoms with Gasteiger partial charge >= 0.3 is 0 Å². The molecule has 0 N–H and O–H groups in total. The summed E-state index contributed by atoms with van der Waals surface area (Å²) in [6, 6.07) is 2.82. The maximum atomic E-state index is 13.3. The molecule has 0 spiro atoms. The van der Waals surface area contributed by atoms with Crippen molar-refractivity contribution in [3.05, 3.63) is 35.1 Å². The third-order valence-electron chi connectivity index (χ3n) is 1.74. The SMILES string of the molecule is C/C=C/CSc1cc(N=C=S)c(F)cc1Cl. The van der Waals surface area contributed by atoms with Crippen molar-refractivity contribution in [1.29, 1.82) is 0 Å². The Morgan fingerprint density at radius 2 is 2.38 bits per heavy atom. The number of thioether (sulfide) groups is 1. The maximum Gasteiger partial charge on any atom is 0.151 e. The molecule has 0 saturated heterocycles. The van der Waals surface area contributed by atoms with Crippen LogP contribution in [0.5, 0.6) is 0 Å². The molecule has 0 unspecified atom stereocenters. The molecule has 0 aliphatic rings. The van der Waals surface area contributed by atoms with Crippen LogP contribution in [0.15, 0.2) is 34.2 Å². The smallest absolute Gasteiger partial charge is 0.151 e. The molecule has 0 fully saturated rings. The Labute approximate surface area is 108 Å². The number of hydrogen-bond donors (Lipinski definition) is 0. The van der Waals surface area contributed by atoms with Crippen LogP contribution in [0.2, 0.25) is 5.02 Å². The van der Waals surface area contributed by atoms with Crippen molar-refractivity contribution in [1.82, 2.24) is 0 Å². The van der Waals surface area contributed by atoms with Crippen LogP contribution < -0.4 is 0 Å². The molecule has 0 atom stereocenters. The maximum absolute atomic E-state index is 13.3. The predicted molar refractivity (Wildman–Crippen MR) is 71.6 cm³/mol. The summed E-state index contributed by atoms with van der Waals surface area (Å²) < 4.78 is 13.3. The Bertz CT molecular complexity index is 454. The van der Waals surface area contributed by atoms with Gasteiger partial charge in [-0.25, -0.2) is 4.39 Å². The van der Waals surface area contributed by atoms with Crippen LogP contribution in [-0.2, 0) is 0 Å². The summed E-state index contributed by atoms with van der Waals surface area (Å²) in [7, 11) is 0. The van der Waals surface area contributed by atoms with Gasteiger partial charge in [0.1, 0.15) is 5.69 Å². The van der Waals surface area contributed by atoms with Gasteiger partial charge in [0.25, 0.3) is 0 Å². The number of hydrogen-bond acceptors (Lipinski definition) is 3. The summed E-state index contributed by atoms with van der Waals surface area (Å²) in [6.45, 7) is 1.94. The number of isothiocyanates is 1. The Balaban J connectivity index is 2.99. The first-order valence-corrected chi connectivity index (χ1v) is 6.27. The van der Waals surface area contributed by atoms with Crippen LogP contribution in [0.1, 0.15) is 6.92 Å². The van der Waals surface area contributed by atoms with Gasteiger partial charge in [-0.15, -0.1) is 11.8 Å². The molecule has 0 radical (unpaired) electrons. The number of aliphatic imine (C=N–C) groups is 1. The van der Waals surface area contributed by atoms with Crippen LogP contribution >= 0.6 is 35.6 Å². The summed E-state index contributed by atoms with van der Waals surface area (Å²) >= 11 is 11.9. The van der Waals surface area contributed by atoms with Gasteiger partial charge < -0.3 is 0 Å². The van der Waals surface area contributed by atoms with Gasteiger partial charge in [-0.2, -0.15) is 4.99 Å². The monoisotopic (exact) mass is 273 g/mol. The van der Waals surface area contributed by atoms with E-state index < -0.39 is 5.82 Å². The van der Waals surface area contributed by atoms with Crippen molar-refractivity contribution in [2.45, 2.75) is 11.8 Å². The van der Waals surface area contributed by atoms with Crippen LogP contribution in [0.3, 0.4) is 0 Å². The summed E-state index contributed by atoms with van der Waals surface area (Å²) in [4.78, 5) is 4.42. The second-order valence-electron chi connectivity index (χ2n) is 2.82. The minimum Gasteiger partial charge on any atom is -0.205 e. The summed E-state index contributed by atoms with van der Waals surface area (Å²) in [5, 5.41) is 2.53. The molecule has 0 aliphatic heterocycles. The zero-order chi connectivity index (χ0) is 12.0. The fourth-order valence-electron chi connectivity index (χ4n) is 0.998. The zero-order valence-corrected chi connectivity index (χ0v) is 10.9. The van der Waals surface area contributed by atoms with E-state index >= 15 is 0 Å². The molecule has 0 bridgehead atoms. The van der Waals surface area contributed by atoms with E-state index in [9.17, 15) is 4.39 Å². The lowest BCUT2D eigenvalue weighted by molar-refractivity contribution is 0.629. The van der Waals surface area contributed by atoms with Crippen molar-refractivity contribution in [3.63, 3.8) is 0 Å². The van der Waals surface area contributed by atoms with E-state index in [-0.39, 0.29) is 5.69 Å². The first-order chi connectivity index (χ1) is 7.69. The largest absolute Gasteiger partial charge is 0.205 e. The quantitative estimate of drug-likeness (QED) is 0.335. The minimum absolute atomic E-state index is 0.169. The number of allylic oxidation sites excluding steroid dienone is 1. The van der Waals surface area contributed by atoms with E-state index in [0.29, 0.717) is 5.02 Å². The lowest BCUT2D eigenvalue weighted by atomic mass is 10.3. The Hall–Kier alpha value is -0.670. The Morgan fingerprint density at radius 1 is 1.62 bits per heavy atom. The average molecular weight is 274 g/mol. The molecule has 5 heteroatoms. The zero-order valence-electron chi connectivity index (χ0n) is 8.54. The topological polar surface area (TPSA) is 12.4 Å². The number of rotatable bonds is 4. The molecule has 0 aromatic heterocycles. The van der Waals surface area contributed by atoms with Crippen molar-refractivity contribution in [2.75, 3.05) is 5.75 Å². The van der Waals surface area contributed by atoms with Gasteiger partial charge in [0.2, 0.25) is 0 Å². The third-order valence-corrected chi connectivity index (χ3v) is 3.26. The van der Waals surface area contributed by atoms with E-state index in [4.69, 9.17) is 11.6 Å². The molecular formula is C11H9ClFNS2. The number of nitrogens with zero attached hydrogens (tertiary/aromatic N) is 1. The first kappa shape index (κ1) is 13.4. The average Bonchev–Trinajstić information content (AvgIpc) is 2.25. The van der Waals surface area contributed by atoms with E-state index in [1.54, 1.807) is 6.07 Å². The van der Waals surface area contributed by atoms with Crippen LogP contribution in [0, 0.1) is 5.82 Å². The fraction of sp³-hybridized carbons (Fsp3) is 0.182. The molecule has 16 heavy (non-hydrogen) atoms. The molecule has 84 valence electrons. The van der Waals surface area contributed by atoms with E-state index in [1.807, 2.05) is 19.1 Å². The van der Waals surface area contributed by atoms with Crippen molar-refractivity contribution >= 4 is 46.4 Å². The molecule has 0 saturated carbocycles. The number of halogens is 2. The lowest BCUT2D eigenvalue weighted by Crippen LogP contribution is -1.81. The molecule has 0 aliphatic carbocycles. The van der Waals surface area contributed by atoms with Gasteiger partial charge in [-0.1, -0.05) is 23.8 Å². The Morgan fingerprint density at radius 3 is 3.00 bits per heavy atom. The number of benzene rings is 1. The highest BCUT2D eigenvalue weighted by molar-refractivity contribution is 7.99. The lowest BCUT2D eigenvalue weighted by Gasteiger charge is -2.04. The van der Waals surface area contributed by atoms with Gasteiger partial charge in [0.15, 0.2) is 5.82 Å². The molecule has 1 nitrogen and oxygen atoms in total. The predicted octanol–water partition coefficient (Wildman–Crippen LogP) is 4.88. The van der Waals surface area contributed by atoms with Crippen LogP contribution in [0.4, 0.5) is 10.1 Å². The normalized spacial score (nSPS) is 10.4. The van der Waals surface area contributed by atoms with Gasteiger partial charge in [0.05, 0.1) is 10.2 Å². The fourth-order valence-corrected chi connectivity index (χ4v) is 2.27. The highest BCUT2D eigenvalue weighted by atomic mass is 35.5. The van der Waals surface area contributed by atoms with Crippen molar-refractivity contribution in [3.8, 4) is 0 Å². The highest BCUT2D eigenvalue weighted by Gasteiger charge is 2.07. The van der Waals surface area contributed by atoms with Gasteiger partial charge in [-0.05, 0) is 31.3 Å². The second-order valence-corrected chi connectivity index (χ2v) is 4.47. The number of thiocarbonyl (C=S) groups is 1. The van der Waals surface area contributed by atoms with Crippen LogP contribution in [0.25, 0.3) is 0 Å². The summed E-state index contributed by atoms with van der Waals surface area (Å²) in [5.41, 5.74) is 0.169.